The molecule has 0 aromatic carbocycles. The maximum Gasteiger partial charge on any atom is 0.0789 e. The molecule has 2 heterocycles. The molecule has 3 atom stereocenters. The summed E-state index contributed by atoms with van der Waals surface area (Å²) < 4.78 is 8.06. The molecule has 1 aromatic rings. The summed E-state index contributed by atoms with van der Waals surface area (Å²) >= 11 is 0. The Morgan fingerprint density at radius 3 is 3.00 bits per heavy atom. The van der Waals surface area contributed by atoms with E-state index in [1.54, 1.807) is 0 Å². The second-order valence-corrected chi connectivity index (χ2v) is 4.81. The molecule has 96 valence electrons. The first-order chi connectivity index (χ1) is 8.26. The monoisotopic (exact) mass is 237 g/mol. The second kappa shape index (κ2) is 5.65. The van der Waals surface area contributed by atoms with Gasteiger partial charge in [-0.2, -0.15) is 5.10 Å². The molecular weight excluding hydrogens is 214 g/mol. The first kappa shape index (κ1) is 12.6. The van der Waals surface area contributed by atoms with Gasteiger partial charge in [0.25, 0.3) is 0 Å². The van der Waals surface area contributed by atoms with Gasteiger partial charge in [0.05, 0.1) is 23.9 Å². The van der Waals surface area contributed by atoms with Gasteiger partial charge < -0.3 is 10.1 Å². The van der Waals surface area contributed by atoms with Gasteiger partial charge in [0.15, 0.2) is 0 Å². The minimum Gasteiger partial charge on any atom is -0.373 e. The molecule has 17 heavy (non-hydrogen) atoms. The highest BCUT2D eigenvalue weighted by atomic mass is 16.5. The van der Waals surface area contributed by atoms with E-state index in [9.17, 15) is 0 Å². The fraction of sp³-hybridized carbons (Fsp3) is 0.769. The van der Waals surface area contributed by atoms with Crippen LogP contribution in [0.25, 0.3) is 0 Å². The first-order valence-corrected chi connectivity index (χ1v) is 6.60. The zero-order valence-electron chi connectivity index (χ0n) is 11.0. The quantitative estimate of drug-likeness (QED) is 0.852. The first-order valence-electron chi connectivity index (χ1n) is 6.60. The summed E-state index contributed by atoms with van der Waals surface area (Å²) in [4.78, 5) is 0. The third kappa shape index (κ3) is 2.69. The number of rotatable bonds is 5. The Balaban J connectivity index is 2.14. The maximum absolute atomic E-state index is 5.97. The van der Waals surface area contributed by atoms with Crippen molar-refractivity contribution in [3.8, 4) is 0 Å². The van der Waals surface area contributed by atoms with Gasteiger partial charge >= 0.3 is 0 Å². The highest BCUT2D eigenvalue weighted by molar-refractivity contribution is 5.10. The number of ether oxygens (including phenoxy) is 1. The number of hydrogen-bond acceptors (Lipinski definition) is 3. The lowest BCUT2D eigenvalue weighted by atomic mass is 10.0. The highest BCUT2D eigenvalue weighted by Gasteiger charge is 2.31. The lowest BCUT2D eigenvalue weighted by Gasteiger charge is -2.24. The van der Waals surface area contributed by atoms with Crippen LogP contribution in [0.15, 0.2) is 12.3 Å². The van der Waals surface area contributed by atoms with Crippen molar-refractivity contribution in [3.63, 3.8) is 0 Å². The van der Waals surface area contributed by atoms with Gasteiger partial charge in [-0.15, -0.1) is 0 Å². The summed E-state index contributed by atoms with van der Waals surface area (Å²) in [6, 6.07) is 2.36. The van der Waals surface area contributed by atoms with Crippen LogP contribution in [0.4, 0.5) is 0 Å². The summed E-state index contributed by atoms with van der Waals surface area (Å²) in [6.07, 6.45) is 5.94. The molecule has 1 fully saturated rings. The van der Waals surface area contributed by atoms with Crippen LogP contribution in [-0.2, 0) is 11.3 Å². The molecule has 0 saturated carbocycles. The molecule has 3 unspecified atom stereocenters. The Bertz CT molecular complexity index is 350. The Hall–Kier alpha value is -0.870. The number of nitrogens with one attached hydrogen (secondary N) is 1. The third-order valence-electron chi connectivity index (χ3n) is 3.45. The SMILES string of the molecule is CCCn1nccc1C(NC)C1CCC(C)O1. The van der Waals surface area contributed by atoms with E-state index in [0.717, 1.165) is 25.8 Å². The molecule has 1 aliphatic rings. The predicted octanol–water partition coefficient (Wildman–Crippen LogP) is 2.12. The van der Waals surface area contributed by atoms with Crippen LogP contribution in [0.5, 0.6) is 0 Å². The Morgan fingerprint density at radius 2 is 2.41 bits per heavy atom. The minimum absolute atomic E-state index is 0.258. The molecule has 4 nitrogen and oxygen atoms in total. The largest absolute Gasteiger partial charge is 0.373 e. The van der Waals surface area contributed by atoms with Crippen LogP contribution >= 0.6 is 0 Å². The van der Waals surface area contributed by atoms with Gasteiger partial charge in [-0.3, -0.25) is 4.68 Å². The van der Waals surface area contributed by atoms with E-state index >= 15 is 0 Å². The zero-order valence-corrected chi connectivity index (χ0v) is 11.0. The van der Waals surface area contributed by atoms with Crippen LogP contribution in [0.2, 0.25) is 0 Å². The number of aromatic nitrogens is 2. The molecule has 1 saturated heterocycles. The average molecular weight is 237 g/mol. The normalized spacial score (nSPS) is 26.3. The van der Waals surface area contributed by atoms with E-state index < -0.39 is 0 Å². The summed E-state index contributed by atoms with van der Waals surface area (Å²) in [5, 5.41) is 7.77. The topological polar surface area (TPSA) is 39.1 Å². The van der Waals surface area contributed by atoms with Crippen LogP contribution in [0.3, 0.4) is 0 Å². The molecule has 4 heteroatoms. The van der Waals surface area contributed by atoms with Crippen LogP contribution in [0.1, 0.15) is 44.8 Å². The van der Waals surface area contributed by atoms with E-state index in [1.165, 1.54) is 5.69 Å². The summed E-state index contributed by atoms with van der Waals surface area (Å²) in [6.45, 7) is 5.30. The molecule has 2 rings (SSSR count). The number of aryl methyl sites for hydroxylation is 1. The summed E-state index contributed by atoms with van der Waals surface area (Å²) in [5.41, 5.74) is 1.24. The molecule has 0 bridgehead atoms. The molecule has 0 aliphatic carbocycles. The minimum atomic E-state index is 0.258. The van der Waals surface area contributed by atoms with Crippen LogP contribution < -0.4 is 5.32 Å². The van der Waals surface area contributed by atoms with Gasteiger partial charge in [-0.05, 0) is 39.3 Å². The van der Waals surface area contributed by atoms with Crippen molar-refractivity contribution in [2.75, 3.05) is 7.05 Å². The molecule has 1 N–H and O–H groups in total. The lowest BCUT2D eigenvalue weighted by Crippen LogP contribution is -2.31. The van der Waals surface area contributed by atoms with Crippen molar-refractivity contribution in [2.45, 2.75) is 57.9 Å². The fourth-order valence-corrected chi connectivity index (χ4v) is 2.61. The van der Waals surface area contributed by atoms with Crippen LogP contribution in [-0.4, -0.2) is 29.0 Å². The van der Waals surface area contributed by atoms with Crippen molar-refractivity contribution in [1.29, 1.82) is 0 Å². The average Bonchev–Trinajstić information content (AvgIpc) is 2.91. The Labute approximate surface area is 103 Å². The Kier molecular flexibility index (Phi) is 4.18. The number of hydrogen-bond donors (Lipinski definition) is 1. The maximum atomic E-state index is 5.97. The van der Waals surface area contributed by atoms with Crippen molar-refractivity contribution < 1.29 is 4.74 Å². The molecule has 1 aliphatic heterocycles. The van der Waals surface area contributed by atoms with Crippen molar-refractivity contribution in [2.24, 2.45) is 0 Å². The van der Waals surface area contributed by atoms with E-state index in [2.05, 4.69) is 35.0 Å². The van der Waals surface area contributed by atoms with E-state index in [0.29, 0.717) is 6.10 Å². The fourth-order valence-electron chi connectivity index (χ4n) is 2.61. The van der Waals surface area contributed by atoms with Gasteiger partial charge in [0.1, 0.15) is 0 Å². The molecule has 0 radical (unpaired) electrons. The van der Waals surface area contributed by atoms with Crippen molar-refractivity contribution in [3.05, 3.63) is 18.0 Å². The molecule has 0 spiro atoms. The van der Waals surface area contributed by atoms with E-state index in [-0.39, 0.29) is 12.1 Å². The Morgan fingerprint density at radius 1 is 1.59 bits per heavy atom. The van der Waals surface area contributed by atoms with Gasteiger partial charge in [-0.25, -0.2) is 0 Å². The lowest BCUT2D eigenvalue weighted by molar-refractivity contribution is 0.0313. The summed E-state index contributed by atoms with van der Waals surface area (Å²) in [7, 11) is 2.00. The predicted molar refractivity (Wildman–Crippen MR) is 67.9 cm³/mol. The smallest absolute Gasteiger partial charge is 0.0789 e. The second-order valence-electron chi connectivity index (χ2n) is 4.81. The van der Waals surface area contributed by atoms with E-state index in [4.69, 9.17) is 4.74 Å². The number of likely N-dealkylation sites (N-methyl/N-ethyl adjacent to an activating group) is 1. The summed E-state index contributed by atoms with van der Waals surface area (Å²) in [5.74, 6) is 0. The molecule has 1 aromatic heterocycles. The highest BCUT2D eigenvalue weighted by Crippen LogP contribution is 2.29. The zero-order chi connectivity index (χ0) is 12.3. The standard InChI is InChI=1S/C13H23N3O/c1-4-9-16-11(7-8-15-16)13(14-3)12-6-5-10(2)17-12/h7-8,10,12-14H,4-6,9H2,1-3H3. The van der Waals surface area contributed by atoms with E-state index in [1.807, 2.05) is 13.2 Å². The number of nitrogens with zero attached hydrogens (tertiary/aromatic N) is 2. The molecule has 0 amide bonds. The van der Waals surface area contributed by atoms with Gasteiger partial charge in [-0.1, -0.05) is 6.92 Å². The van der Waals surface area contributed by atoms with Crippen molar-refractivity contribution >= 4 is 0 Å². The van der Waals surface area contributed by atoms with Crippen LogP contribution in [0, 0.1) is 0 Å². The third-order valence-corrected chi connectivity index (χ3v) is 3.45. The van der Waals surface area contributed by atoms with Gasteiger partial charge in [0.2, 0.25) is 0 Å². The molecular formula is C13H23N3O. The van der Waals surface area contributed by atoms with Gasteiger partial charge in [0, 0.05) is 12.7 Å². The van der Waals surface area contributed by atoms with Crippen molar-refractivity contribution in [1.82, 2.24) is 15.1 Å².